The first-order chi connectivity index (χ1) is 11.8. The summed E-state index contributed by atoms with van der Waals surface area (Å²) in [5.74, 6) is 0.455. The van der Waals surface area contributed by atoms with E-state index in [-0.39, 0.29) is 23.5 Å². The van der Waals surface area contributed by atoms with Crippen LogP contribution in [0.2, 0.25) is 0 Å². The lowest BCUT2D eigenvalue weighted by atomic mass is 9.70. The van der Waals surface area contributed by atoms with Crippen LogP contribution < -0.4 is 10.1 Å². The minimum absolute atomic E-state index is 0.00440. The van der Waals surface area contributed by atoms with Crippen molar-refractivity contribution in [2.45, 2.75) is 32.9 Å². The predicted molar refractivity (Wildman–Crippen MR) is 102 cm³/mol. The van der Waals surface area contributed by atoms with Crippen molar-refractivity contribution in [1.29, 1.82) is 0 Å². The number of fused-ring (bicyclic) bond motifs is 1. The summed E-state index contributed by atoms with van der Waals surface area (Å²) in [6, 6.07) is 14.0. The van der Waals surface area contributed by atoms with Gasteiger partial charge in [-0.1, -0.05) is 41.9 Å². The Morgan fingerprint density at radius 3 is 2.60 bits per heavy atom. The number of carbonyl (C=O) groups excluding carboxylic acids is 1. The van der Waals surface area contributed by atoms with Crippen LogP contribution in [0.1, 0.15) is 44.0 Å². The lowest BCUT2D eigenvalue weighted by Gasteiger charge is -2.46. The molecule has 1 N–H and O–H groups in total. The Labute approximate surface area is 156 Å². The van der Waals surface area contributed by atoms with Crippen molar-refractivity contribution in [1.82, 2.24) is 0 Å². The van der Waals surface area contributed by atoms with Crippen molar-refractivity contribution < 1.29 is 14.3 Å². The molecule has 3 rings (SSSR count). The molecule has 0 aliphatic carbocycles. The standard InChI is InChI=1S/C20H22BrNO3/c1-12(23)25-19-16-11-15(24-4)8-9-17(16)22-18(20(19,2)3)13-6-5-7-14(21)10-13/h5-11,18-19,22H,1-4H3/t18-,19+/m0/s1. The van der Waals surface area contributed by atoms with E-state index in [1.165, 1.54) is 6.92 Å². The molecule has 0 spiro atoms. The van der Waals surface area contributed by atoms with Crippen molar-refractivity contribution in [3.05, 3.63) is 58.1 Å². The van der Waals surface area contributed by atoms with E-state index in [0.29, 0.717) is 0 Å². The molecule has 25 heavy (non-hydrogen) atoms. The first kappa shape index (κ1) is 17.8. The summed E-state index contributed by atoms with van der Waals surface area (Å²) in [5, 5.41) is 3.62. The summed E-state index contributed by atoms with van der Waals surface area (Å²) < 4.78 is 12.1. The maximum absolute atomic E-state index is 11.8. The molecule has 4 nitrogen and oxygen atoms in total. The summed E-state index contributed by atoms with van der Waals surface area (Å²) in [6.45, 7) is 5.68. The van der Waals surface area contributed by atoms with Crippen LogP contribution in [0.5, 0.6) is 5.75 Å². The fourth-order valence-electron chi connectivity index (χ4n) is 3.49. The van der Waals surface area contributed by atoms with E-state index in [1.54, 1.807) is 7.11 Å². The van der Waals surface area contributed by atoms with E-state index in [0.717, 1.165) is 27.0 Å². The van der Waals surface area contributed by atoms with Crippen molar-refractivity contribution in [2.24, 2.45) is 5.41 Å². The number of methoxy groups -OCH3 is 1. The normalized spacial score (nSPS) is 21.0. The fourth-order valence-corrected chi connectivity index (χ4v) is 3.91. The monoisotopic (exact) mass is 403 g/mol. The van der Waals surface area contributed by atoms with Crippen molar-refractivity contribution >= 4 is 27.6 Å². The molecule has 1 aliphatic rings. The predicted octanol–water partition coefficient (Wildman–Crippen LogP) is 5.25. The van der Waals surface area contributed by atoms with Crippen LogP contribution in [-0.4, -0.2) is 13.1 Å². The highest BCUT2D eigenvalue weighted by Gasteiger charge is 2.46. The van der Waals surface area contributed by atoms with Crippen molar-refractivity contribution in [3.63, 3.8) is 0 Å². The van der Waals surface area contributed by atoms with Gasteiger partial charge < -0.3 is 14.8 Å². The van der Waals surface area contributed by atoms with Crippen LogP contribution in [0.25, 0.3) is 0 Å². The van der Waals surface area contributed by atoms with E-state index in [4.69, 9.17) is 9.47 Å². The highest BCUT2D eigenvalue weighted by atomic mass is 79.9. The van der Waals surface area contributed by atoms with Gasteiger partial charge in [-0.25, -0.2) is 0 Å². The molecule has 2 aromatic carbocycles. The zero-order valence-electron chi connectivity index (χ0n) is 14.8. The third-order valence-corrected chi connectivity index (χ3v) is 5.22. The number of hydrogen-bond donors (Lipinski definition) is 1. The molecule has 0 saturated heterocycles. The summed E-state index contributed by atoms with van der Waals surface area (Å²) in [6.07, 6.45) is -0.375. The van der Waals surface area contributed by atoms with Crippen LogP contribution in [0, 0.1) is 5.41 Å². The van der Waals surface area contributed by atoms with E-state index >= 15 is 0 Å². The molecular formula is C20H22BrNO3. The molecule has 0 saturated carbocycles. The van der Waals surface area contributed by atoms with Crippen LogP contribution in [0.15, 0.2) is 46.9 Å². The Kier molecular flexibility index (Phi) is 4.78. The Morgan fingerprint density at radius 1 is 1.20 bits per heavy atom. The van der Waals surface area contributed by atoms with Gasteiger partial charge in [0, 0.05) is 28.1 Å². The number of halogens is 1. The SMILES string of the molecule is COc1ccc2c(c1)[C@@H](OC(C)=O)C(C)(C)[C@H](c1cccc(Br)c1)N2. The molecule has 132 valence electrons. The van der Waals surface area contributed by atoms with Gasteiger partial charge in [-0.15, -0.1) is 0 Å². The summed E-state index contributed by atoms with van der Waals surface area (Å²) in [7, 11) is 1.63. The van der Waals surface area contributed by atoms with E-state index in [9.17, 15) is 4.79 Å². The van der Waals surface area contributed by atoms with Crippen LogP contribution >= 0.6 is 15.9 Å². The summed E-state index contributed by atoms with van der Waals surface area (Å²) in [4.78, 5) is 11.8. The van der Waals surface area contributed by atoms with Gasteiger partial charge in [-0.2, -0.15) is 0 Å². The molecular weight excluding hydrogens is 382 g/mol. The van der Waals surface area contributed by atoms with Crippen LogP contribution in [0.3, 0.4) is 0 Å². The number of anilines is 1. The number of rotatable bonds is 3. The second-order valence-corrected chi connectivity index (χ2v) is 7.81. The van der Waals surface area contributed by atoms with Crippen LogP contribution in [0.4, 0.5) is 5.69 Å². The summed E-state index contributed by atoms with van der Waals surface area (Å²) in [5.41, 5.74) is 2.67. The average molecular weight is 404 g/mol. The van der Waals surface area contributed by atoms with Gasteiger partial charge in [-0.3, -0.25) is 4.79 Å². The third-order valence-electron chi connectivity index (χ3n) is 4.73. The highest BCUT2D eigenvalue weighted by Crippen LogP contribution is 2.53. The second kappa shape index (κ2) is 6.71. The molecule has 0 amide bonds. The smallest absolute Gasteiger partial charge is 0.303 e. The molecule has 2 aromatic rings. The van der Waals surface area contributed by atoms with Gasteiger partial charge in [0.25, 0.3) is 0 Å². The zero-order valence-corrected chi connectivity index (χ0v) is 16.4. The highest BCUT2D eigenvalue weighted by molar-refractivity contribution is 9.10. The number of nitrogens with one attached hydrogen (secondary N) is 1. The van der Waals surface area contributed by atoms with Crippen molar-refractivity contribution in [2.75, 3.05) is 12.4 Å². The molecule has 0 unspecified atom stereocenters. The molecule has 5 heteroatoms. The lowest BCUT2D eigenvalue weighted by Crippen LogP contribution is -2.40. The fraction of sp³-hybridized carbons (Fsp3) is 0.350. The average Bonchev–Trinajstić information content (AvgIpc) is 2.56. The van der Waals surface area contributed by atoms with Gasteiger partial charge in [0.15, 0.2) is 0 Å². The van der Waals surface area contributed by atoms with Crippen LogP contribution in [-0.2, 0) is 9.53 Å². The number of ether oxygens (including phenoxy) is 2. The lowest BCUT2D eigenvalue weighted by molar-refractivity contribution is -0.154. The summed E-state index contributed by atoms with van der Waals surface area (Å²) >= 11 is 3.54. The molecule has 2 atom stereocenters. The topological polar surface area (TPSA) is 47.6 Å². The molecule has 1 aliphatic heterocycles. The van der Waals surface area contributed by atoms with Gasteiger partial charge >= 0.3 is 5.97 Å². The van der Waals surface area contributed by atoms with Gasteiger partial charge in [-0.05, 0) is 35.9 Å². The molecule has 0 radical (unpaired) electrons. The first-order valence-electron chi connectivity index (χ1n) is 8.20. The number of benzene rings is 2. The quantitative estimate of drug-likeness (QED) is 0.710. The number of hydrogen-bond acceptors (Lipinski definition) is 4. The third kappa shape index (κ3) is 3.38. The Balaban J connectivity index is 2.13. The largest absolute Gasteiger partial charge is 0.497 e. The zero-order chi connectivity index (χ0) is 18.2. The molecule has 0 fully saturated rings. The van der Waals surface area contributed by atoms with Gasteiger partial charge in [0.2, 0.25) is 0 Å². The second-order valence-electron chi connectivity index (χ2n) is 6.90. The van der Waals surface area contributed by atoms with Gasteiger partial charge in [0.05, 0.1) is 13.2 Å². The molecule has 0 aromatic heterocycles. The van der Waals surface area contributed by atoms with E-state index in [1.807, 2.05) is 30.3 Å². The Morgan fingerprint density at radius 2 is 1.96 bits per heavy atom. The van der Waals surface area contributed by atoms with Crippen molar-refractivity contribution in [3.8, 4) is 5.75 Å². The van der Waals surface area contributed by atoms with E-state index < -0.39 is 0 Å². The Bertz CT molecular complexity index is 803. The minimum atomic E-state index is -0.375. The molecule has 1 heterocycles. The van der Waals surface area contributed by atoms with E-state index in [2.05, 4.69) is 47.2 Å². The maximum atomic E-state index is 11.8. The molecule has 0 bridgehead atoms. The number of carbonyl (C=O) groups is 1. The van der Waals surface area contributed by atoms with Gasteiger partial charge in [0.1, 0.15) is 11.9 Å². The Hall–Kier alpha value is -2.01. The minimum Gasteiger partial charge on any atom is -0.497 e. The first-order valence-corrected chi connectivity index (χ1v) is 8.99. The number of esters is 1. The maximum Gasteiger partial charge on any atom is 0.303 e.